The van der Waals surface area contributed by atoms with E-state index in [4.69, 9.17) is 4.74 Å². The molecule has 82 valence electrons. The zero-order valence-corrected chi connectivity index (χ0v) is 8.58. The second kappa shape index (κ2) is 4.09. The van der Waals surface area contributed by atoms with Crippen LogP contribution in [0, 0.1) is 10.1 Å². The summed E-state index contributed by atoms with van der Waals surface area (Å²) in [4.78, 5) is 17.6. The van der Waals surface area contributed by atoms with Crippen molar-refractivity contribution in [2.45, 2.75) is 6.92 Å². The number of nitrogens with zero attached hydrogens (tertiary/aromatic N) is 3. The first-order chi connectivity index (χ1) is 7.72. The predicted molar refractivity (Wildman–Crippen MR) is 57.4 cm³/mol. The molecule has 0 radical (unpaired) electrons. The number of para-hydroxylation sites is 1. The van der Waals surface area contributed by atoms with E-state index in [1.54, 1.807) is 31.2 Å². The third kappa shape index (κ3) is 1.77. The first-order valence-corrected chi connectivity index (χ1v) is 4.76. The Morgan fingerprint density at radius 1 is 1.38 bits per heavy atom. The summed E-state index contributed by atoms with van der Waals surface area (Å²) in [5, 5.41) is 11.3. The normalized spacial score (nSPS) is 10.3. The molecule has 0 aliphatic rings. The van der Waals surface area contributed by atoms with Crippen molar-refractivity contribution in [3.05, 3.63) is 34.4 Å². The van der Waals surface area contributed by atoms with Gasteiger partial charge in [-0.3, -0.25) is 0 Å². The molecule has 0 atom stereocenters. The quantitative estimate of drug-likeness (QED) is 0.582. The largest absolute Gasteiger partial charge is 0.472 e. The molecule has 0 spiro atoms. The predicted octanol–water partition coefficient (Wildman–Crippen LogP) is 1.94. The lowest BCUT2D eigenvalue weighted by Crippen LogP contribution is -2.01. The number of rotatable bonds is 3. The topological polar surface area (TPSA) is 78.2 Å². The van der Waals surface area contributed by atoms with Gasteiger partial charge in [-0.25, -0.2) is 0 Å². The molecule has 0 fully saturated rings. The molecule has 0 aliphatic heterocycles. The van der Waals surface area contributed by atoms with Gasteiger partial charge in [-0.05, 0) is 29.0 Å². The minimum absolute atomic E-state index is 0.250. The number of hydrogen-bond donors (Lipinski definition) is 0. The van der Waals surface area contributed by atoms with Crippen LogP contribution in [0.25, 0.3) is 10.9 Å². The maximum atomic E-state index is 10.6. The van der Waals surface area contributed by atoms with Gasteiger partial charge in [-0.2, -0.15) is 0 Å². The van der Waals surface area contributed by atoms with E-state index in [9.17, 15) is 10.1 Å². The molecule has 0 aliphatic carbocycles. The average Bonchev–Trinajstić information content (AvgIpc) is 2.29. The smallest absolute Gasteiger partial charge is 0.465 e. The molecular formula is C10H9N3O3. The van der Waals surface area contributed by atoms with E-state index in [1.807, 2.05) is 0 Å². The van der Waals surface area contributed by atoms with Crippen LogP contribution in [0.2, 0.25) is 0 Å². The van der Waals surface area contributed by atoms with Crippen molar-refractivity contribution in [3.63, 3.8) is 0 Å². The van der Waals surface area contributed by atoms with Gasteiger partial charge in [0.15, 0.2) is 5.52 Å². The molecule has 6 nitrogen and oxygen atoms in total. The van der Waals surface area contributed by atoms with Crippen LogP contribution in [0.1, 0.15) is 6.92 Å². The number of hydrogen-bond acceptors (Lipinski definition) is 5. The lowest BCUT2D eigenvalue weighted by Gasteiger charge is -2.01. The highest BCUT2D eigenvalue weighted by molar-refractivity contribution is 5.83. The van der Waals surface area contributed by atoms with E-state index in [-0.39, 0.29) is 5.88 Å². The van der Waals surface area contributed by atoms with Gasteiger partial charge in [-0.1, -0.05) is 17.1 Å². The lowest BCUT2D eigenvalue weighted by atomic mass is 10.2. The highest BCUT2D eigenvalue weighted by Gasteiger charge is 2.17. The van der Waals surface area contributed by atoms with E-state index in [2.05, 4.69) is 9.97 Å². The molecule has 1 aromatic carbocycles. The second-order valence-corrected chi connectivity index (χ2v) is 3.04. The van der Waals surface area contributed by atoms with Crippen molar-refractivity contribution < 1.29 is 9.66 Å². The first-order valence-electron chi connectivity index (χ1n) is 4.76. The standard InChI is InChI=1S/C10H9N3O3/c1-2-16-9-7-5-3-4-6-8(7)11-10(12-9)13(14)15/h3-6H,2H2,1H3. The summed E-state index contributed by atoms with van der Waals surface area (Å²) in [5.41, 5.74) is 0.507. The van der Waals surface area contributed by atoms with Crippen LogP contribution in [-0.4, -0.2) is 21.5 Å². The van der Waals surface area contributed by atoms with Crippen LogP contribution >= 0.6 is 0 Å². The number of ether oxygens (including phenoxy) is 1. The Kier molecular flexibility index (Phi) is 2.63. The van der Waals surface area contributed by atoms with Gasteiger partial charge < -0.3 is 14.9 Å². The summed E-state index contributed by atoms with van der Waals surface area (Å²) >= 11 is 0. The van der Waals surface area contributed by atoms with Crippen LogP contribution in [0.5, 0.6) is 5.88 Å². The van der Waals surface area contributed by atoms with E-state index >= 15 is 0 Å². The maximum Gasteiger partial charge on any atom is 0.472 e. The number of fused-ring (bicyclic) bond motifs is 1. The van der Waals surface area contributed by atoms with Crippen molar-refractivity contribution in [2.75, 3.05) is 6.61 Å². The minimum Gasteiger partial charge on any atom is -0.465 e. The molecule has 0 saturated heterocycles. The zero-order valence-electron chi connectivity index (χ0n) is 8.58. The molecule has 16 heavy (non-hydrogen) atoms. The number of benzene rings is 1. The third-order valence-electron chi connectivity index (χ3n) is 2.00. The van der Waals surface area contributed by atoms with Crippen LogP contribution in [-0.2, 0) is 0 Å². The average molecular weight is 219 g/mol. The van der Waals surface area contributed by atoms with Gasteiger partial charge in [0, 0.05) is 0 Å². The third-order valence-corrected chi connectivity index (χ3v) is 2.00. The molecule has 0 bridgehead atoms. The summed E-state index contributed by atoms with van der Waals surface area (Å²) in [6.45, 7) is 2.20. The van der Waals surface area contributed by atoms with Gasteiger partial charge in [-0.15, -0.1) is 0 Å². The van der Waals surface area contributed by atoms with Gasteiger partial charge >= 0.3 is 11.8 Å². The molecule has 0 amide bonds. The fraction of sp³-hybridized carbons (Fsp3) is 0.200. The van der Waals surface area contributed by atoms with E-state index in [0.717, 1.165) is 0 Å². The molecule has 1 heterocycles. The Balaban J connectivity index is 2.68. The molecular weight excluding hydrogens is 210 g/mol. The first kappa shape index (κ1) is 10.3. The highest BCUT2D eigenvalue weighted by atomic mass is 16.6. The van der Waals surface area contributed by atoms with E-state index < -0.39 is 10.9 Å². The number of aromatic nitrogens is 2. The van der Waals surface area contributed by atoms with E-state index in [1.165, 1.54) is 0 Å². The van der Waals surface area contributed by atoms with Gasteiger partial charge in [0.2, 0.25) is 0 Å². The summed E-state index contributed by atoms with van der Waals surface area (Å²) in [6, 6.07) is 7.02. The Morgan fingerprint density at radius 3 is 2.81 bits per heavy atom. The molecule has 2 aromatic rings. The number of nitro groups is 1. The monoisotopic (exact) mass is 219 g/mol. The molecule has 0 N–H and O–H groups in total. The Morgan fingerprint density at radius 2 is 2.12 bits per heavy atom. The molecule has 0 saturated carbocycles. The second-order valence-electron chi connectivity index (χ2n) is 3.04. The van der Waals surface area contributed by atoms with Crippen molar-refractivity contribution in [3.8, 4) is 5.88 Å². The van der Waals surface area contributed by atoms with Gasteiger partial charge in [0.1, 0.15) is 0 Å². The van der Waals surface area contributed by atoms with Gasteiger partial charge in [0.25, 0.3) is 0 Å². The Bertz CT molecular complexity index is 542. The van der Waals surface area contributed by atoms with Crippen molar-refractivity contribution in [2.24, 2.45) is 0 Å². The van der Waals surface area contributed by atoms with Crippen LogP contribution in [0.15, 0.2) is 24.3 Å². The molecule has 1 aromatic heterocycles. The molecule has 6 heteroatoms. The summed E-state index contributed by atoms with van der Waals surface area (Å²) in [5.74, 6) is -0.193. The Labute approximate surface area is 91.0 Å². The highest BCUT2D eigenvalue weighted by Crippen LogP contribution is 2.24. The fourth-order valence-corrected chi connectivity index (χ4v) is 1.36. The van der Waals surface area contributed by atoms with E-state index in [0.29, 0.717) is 17.5 Å². The van der Waals surface area contributed by atoms with Crippen molar-refractivity contribution >= 4 is 16.9 Å². The van der Waals surface area contributed by atoms with Crippen molar-refractivity contribution in [1.29, 1.82) is 0 Å². The van der Waals surface area contributed by atoms with Crippen LogP contribution in [0.4, 0.5) is 5.95 Å². The molecule has 2 rings (SSSR count). The molecule has 0 unspecified atom stereocenters. The minimum atomic E-state index is -0.630. The lowest BCUT2D eigenvalue weighted by molar-refractivity contribution is -0.394. The summed E-state index contributed by atoms with van der Waals surface area (Å²) in [7, 11) is 0. The van der Waals surface area contributed by atoms with Crippen LogP contribution < -0.4 is 4.74 Å². The van der Waals surface area contributed by atoms with Gasteiger partial charge in [0.05, 0.1) is 12.0 Å². The van der Waals surface area contributed by atoms with Crippen molar-refractivity contribution in [1.82, 2.24) is 9.97 Å². The summed E-state index contributed by atoms with van der Waals surface area (Å²) < 4.78 is 5.25. The summed E-state index contributed by atoms with van der Waals surface area (Å²) in [6.07, 6.45) is 0. The SMILES string of the molecule is CCOc1nc([N+](=O)[O-])nc2ccccc12. The fourth-order valence-electron chi connectivity index (χ4n) is 1.36. The maximum absolute atomic E-state index is 10.6. The Hall–Kier alpha value is -2.24. The van der Waals surface area contributed by atoms with Crippen LogP contribution in [0.3, 0.4) is 0 Å². The zero-order chi connectivity index (χ0) is 11.5.